The van der Waals surface area contributed by atoms with Crippen LogP contribution in [0.3, 0.4) is 0 Å². The number of rotatable bonds is 3. The Morgan fingerprint density at radius 1 is 0.440 bits per heavy atom. The maximum atomic E-state index is 6.43. The van der Waals surface area contributed by atoms with E-state index < -0.39 is 0 Å². The molecule has 4 heteroatoms. The van der Waals surface area contributed by atoms with Crippen LogP contribution < -0.4 is 0 Å². The molecule has 0 fully saturated rings. The smallest absolute Gasteiger partial charge is 0.136 e. The van der Waals surface area contributed by atoms with Crippen LogP contribution in [-0.2, 0) is 0 Å². The van der Waals surface area contributed by atoms with E-state index in [2.05, 4.69) is 172 Å². The minimum Gasteiger partial charge on any atom is -0.456 e. The van der Waals surface area contributed by atoms with E-state index in [1.165, 1.54) is 69.4 Å². The minimum atomic E-state index is 0.905. The average molecular weight is 721 g/mol. The van der Waals surface area contributed by atoms with Crippen LogP contribution in [0.1, 0.15) is 0 Å². The van der Waals surface area contributed by atoms with Gasteiger partial charge in [0, 0.05) is 51.9 Å². The van der Waals surface area contributed by atoms with Crippen molar-refractivity contribution in [3.05, 3.63) is 162 Å². The minimum absolute atomic E-state index is 0.905. The number of hydrogen-bond acceptors (Lipinski definition) is 2. The summed E-state index contributed by atoms with van der Waals surface area (Å²) in [5.74, 6) is 0. The molecule has 0 spiro atoms. The molecule has 0 unspecified atom stereocenters. The van der Waals surface area contributed by atoms with Crippen LogP contribution >= 0.6 is 27.3 Å². The van der Waals surface area contributed by atoms with Gasteiger partial charge in [-0.15, -0.1) is 11.3 Å². The highest BCUT2D eigenvalue weighted by Crippen LogP contribution is 2.43. The van der Waals surface area contributed by atoms with Crippen molar-refractivity contribution in [3.8, 4) is 27.9 Å². The Kier molecular flexibility index (Phi) is 6.01. The summed E-state index contributed by atoms with van der Waals surface area (Å²) in [6.45, 7) is 0. The zero-order valence-electron chi connectivity index (χ0n) is 26.7. The third-order valence-electron chi connectivity index (χ3n) is 10.2. The molecule has 0 radical (unpaired) electrons. The van der Waals surface area contributed by atoms with Gasteiger partial charge in [-0.2, -0.15) is 0 Å². The molecule has 0 atom stereocenters. The lowest BCUT2D eigenvalue weighted by Gasteiger charge is -2.13. The summed E-state index contributed by atoms with van der Waals surface area (Å²) in [4.78, 5) is 0. The van der Waals surface area contributed by atoms with Crippen molar-refractivity contribution < 1.29 is 4.42 Å². The fourth-order valence-electron chi connectivity index (χ4n) is 8.02. The topological polar surface area (TPSA) is 18.1 Å². The highest BCUT2D eigenvalue weighted by atomic mass is 79.9. The average Bonchev–Trinajstić information content (AvgIpc) is 3.83. The highest BCUT2D eigenvalue weighted by molar-refractivity contribution is 9.10. The lowest BCUT2D eigenvalue weighted by atomic mass is 9.93. The molecule has 0 saturated heterocycles. The largest absolute Gasteiger partial charge is 0.456 e. The molecule has 50 heavy (non-hydrogen) atoms. The van der Waals surface area contributed by atoms with Crippen LogP contribution in [0.2, 0.25) is 0 Å². The van der Waals surface area contributed by atoms with Crippen molar-refractivity contribution in [3.63, 3.8) is 0 Å². The van der Waals surface area contributed by atoms with Crippen LogP contribution in [0.25, 0.3) is 103 Å². The first kappa shape index (κ1) is 28.2. The molecule has 0 aliphatic heterocycles. The van der Waals surface area contributed by atoms with Gasteiger partial charge in [-0.05, 0) is 99.8 Å². The molecule has 11 rings (SSSR count). The van der Waals surface area contributed by atoms with Crippen molar-refractivity contribution in [1.29, 1.82) is 0 Å². The Bertz CT molecular complexity index is 3180. The molecule has 8 aromatic carbocycles. The summed E-state index contributed by atoms with van der Waals surface area (Å²) in [5.41, 5.74) is 10.0. The Morgan fingerprint density at radius 2 is 1.14 bits per heavy atom. The van der Waals surface area contributed by atoms with Crippen molar-refractivity contribution in [2.45, 2.75) is 0 Å². The molecule has 0 bridgehead atoms. The van der Waals surface area contributed by atoms with E-state index in [1.54, 1.807) is 0 Å². The lowest BCUT2D eigenvalue weighted by molar-refractivity contribution is 0.669. The van der Waals surface area contributed by atoms with Gasteiger partial charge in [-0.1, -0.05) is 107 Å². The Balaban J connectivity index is 1.13. The summed E-state index contributed by atoms with van der Waals surface area (Å²) in [7, 11) is 0. The van der Waals surface area contributed by atoms with Gasteiger partial charge in [0.2, 0.25) is 0 Å². The number of benzene rings is 8. The van der Waals surface area contributed by atoms with Crippen molar-refractivity contribution in [2.24, 2.45) is 0 Å². The molecule has 0 saturated carbocycles. The van der Waals surface area contributed by atoms with Gasteiger partial charge >= 0.3 is 0 Å². The van der Waals surface area contributed by atoms with Crippen LogP contribution in [-0.4, -0.2) is 4.57 Å². The van der Waals surface area contributed by atoms with Crippen molar-refractivity contribution >= 4 is 102 Å². The van der Waals surface area contributed by atoms with E-state index in [4.69, 9.17) is 4.42 Å². The zero-order valence-corrected chi connectivity index (χ0v) is 29.1. The first-order valence-electron chi connectivity index (χ1n) is 16.8. The summed E-state index contributed by atoms with van der Waals surface area (Å²) in [6.07, 6.45) is 0. The molecule has 0 aliphatic rings. The molecule has 234 valence electrons. The summed E-state index contributed by atoms with van der Waals surface area (Å²) in [6, 6.07) is 57.3. The predicted octanol–water partition coefficient (Wildman–Crippen LogP) is 14.3. The SMILES string of the molecule is Brc1cc(-c2ccc3c4ccccc4n(-c4ccc5sc6ccccc6c5c4)c3c2)cc(-c2cc3oc4ccccc4c3c3ccccc23)c1. The van der Waals surface area contributed by atoms with Crippen molar-refractivity contribution in [2.75, 3.05) is 0 Å². The molecule has 11 aromatic rings. The van der Waals surface area contributed by atoms with Gasteiger partial charge in [0.05, 0.1) is 11.0 Å². The molecule has 3 aromatic heterocycles. The van der Waals surface area contributed by atoms with Gasteiger partial charge in [-0.3, -0.25) is 0 Å². The molecule has 2 nitrogen and oxygen atoms in total. The normalized spacial score (nSPS) is 12.1. The first-order valence-corrected chi connectivity index (χ1v) is 18.4. The van der Waals surface area contributed by atoms with Gasteiger partial charge in [0.15, 0.2) is 0 Å². The number of aromatic nitrogens is 1. The monoisotopic (exact) mass is 719 g/mol. The Hall–Kier alpha value is -5.68. The maximum Gasteiger partial charge on any atom is 0.136 e. The van der Waals surface area contributed by atoms with Crippen LogP contribution in [0.15, 0.2) is 167 Å². The summed E-state index contributed by atoms with van der Waals surface area (Å²) in [5, 5.41) is 9.84. The van der Waals surface area contributed by atoms with Crippen LogP contribution in [0, 0.1) is 0 Å². The zero-order chi connectivity index (χ0) is 32.9. The quantitative estimate of drug-likeness (QED) is 0.178. The van der Waals surface area contributed by atoms with E-state index >= 15 is 0 Å². The highest BCUT2D eigenvalue weighted by Gasteiger charge is 2.18. The van der Waals surface area contributed by atoms with E-state index in [-0.39, 0.29) is 0 Å². The number of hydrogen-bond donors (Lipinski definition) is 0. The molecule has 0 aliphatic carbocycles. The second-order valence-corrected chi connectivity index (χ2v) is 15.0. The Labute approximate surface area is 299 Å². The number of halogens is 1. The van der Waals surface area contributed by atoms with Gasteiger partial charge in [0.1, 0.15) is 11.2 Å². The molecule has 0 N–H and O–H groups in total. The standard InChI is InChI=1S/C46H26BrNOS/c47-30-22-28(21-29(23-30)38-26-43-46(36-12-2-1-9-32(36)38)37-13-4-7-15-42(37)49-43)27-17-19-34-33-10-3-6-14-40(33)48(41(34)24-27)31-18-20-45-39(25-31)35-11-5-8-16-44(35)50-45/h1-26H. The molecule has 0 amide bonds. The van der Waals surface area contributed by atoms with E-state index in [9.17, 15) is 0 Å². The van der Waals surface area contributed by atoms with Crippen molar-refractivity contribution in [1.82, 2.24) is 4.57 Å². The molecular weight excluding hydrogens is 694 g/mol. The summed E-state index contributed by atoms with van der Waals surface area (Å²) < 4.78 is 12.5. The van der Waals surface area contributed by atoms with Gasteiger partial charge in [-0.25, -0.2) is 0 Å². The number of thiophene rings is 1. The number of fused-ring (bicyclic) bond motifs is 11. The van der Waals surface area contributed by atoms with Gasteiger partial charge < -0.3 is 8.98 Å². The van der Waals surface area contributed by atoms with Crippen LogP contribution in [0.4, 0.5) is 0 Å². The first-order chi connectivity index (χ1) is 24.7. The number of furan rings is 1. The fourth-order valence-corrected chi connectivity index (χ4v) is 9.60. The van der Waals surface area contributed by atoms with E-state index in [0.717, 1.165) is 37.7 Å². The van der Waals surface area contributed by atoms with E-state index in [1.807, 2.05) is 17.4 Å². The predicted molar refractivity (Wildman–Crippen MR) is 217 cm³/mol. The lowest BCUT2D eigenvalue weighted by Crippen LogP contribution is -1.94. The van der Waals surface area contributed by atoms with Gasteiger partial charge in [0.25, 0.3) is 0 Å². The Morgan fingerprint density at radius 3 is 2.04 bits per heavy atom. The fraction of sp³-hybridized carbons (Fsp3) is 0. The second-order valence-electron chi connectivity index (χ2n) is 13.0. The molecule has 3 heterocycles. The third-order valence-corrected chi connectivity index (χ3v) is 11.8. The third kappa shape index (κ3) is 4.13. The second kappa shape index (κ2) is 10.7. The molecular formula is C46H26BrNOS. The van der Waals surface area contributed by atoms with E-state index in [0.29, 0.717) is 0 Å². The summed E-state index contributed by atoms with van der Waals surface area (Å²) >= 11 is 5.75. The number of nitrogens with zero attached hydrogens (tertiary/aromatic N) is 1. The maximum absolute atomic E-state index is 6.43. The number of para-hydroxylation sites is 2. The van der Waals surface area contributed by atoms with Crippen LogP contribution in [0.5, 0.6) is 0 Å².